The molecule has 2 N–H and O–H groups in total. The Labute approximate surface area is 187 Å². The maximum Gasteiger partial charge on any atom is 0.416 e. The highest BCUT2D eigenvalue weighted by Crippen LogP contribution is 2.51. The summed E-state index contributed by atoms with van der Waals surface area (Å²) in [6.45, 7) is 0.221. The van der Waals surface area contributed by atoms with Crippen molar-refractivity contribution in [3.63, 3.8) is 0 Å². The van der Waals surface area contributed by atoms with Gasteiger partial charge in [0.1, 0.15) is 11.5 Å². The molecule has 1 amide bonds. The minimum atomic E-state index is -4.42. The van der Waals surface area contributed by atoms with E-state index in [-0.39, 0.29) is 36.6 Å². The predicted molar refractivity (Wildman–Crippen MR) is 112 cm³/mol. The van der Waals surface area contributed by atoms with Crippen LogP contribution in [0, 0.1) is 5.92 Å². The van der Waals surface area contributed by atoms with Crippen molar-refractivity contribution in [3.05, 3.63) is 53.7 Å². The van der Waals surface area contributed by atoms with Crippen molar-refractivity contribution in [1.29, 1.82) is 0 Å². The number of aromatic nitrogens is 2. The average molecular weight is 461 g/mol. The summed E-state index contributed by atoms with van der Waals surface area (Å²) in [6, 6.07) is 8.00. The van der Waals surface area contributed by atoms with Crippen molar-refractivity contribution in [2.75, 3.05) is 13.1 Å². The third-order valence-electron chi connectivity index (χ3n) is 6.22. The molecular formula is C23H22F3N3O4. The Morgan fingerprint density at radius 2 is 1.76 bits per heavy atom. The van der Waals surface area contributed by atoms with Gasteiger partial charge in [0.05, 0.1) is 23.3 Å². The van der Waals surface area contributed by atoms with Crippen LogP contribution in [0.4, 0.5) is 13.2 Å². The van der Waals surface area contributed by atoms with Gasteiger partial charge in [0.15, 0.2) is 0 Å². The van der Waals surface area contributed by atoms with Crippen LogP contribution in [-0.4, -0.2) is 56.1 Å². The van der Waals surface area contributed by atoms with E-state index in [1.807, 2.05) is 6.20 Å². The van der Waals surface area contributed by atoms with Gasteiger partial charge < -0.3 is 19.8 Å². The molecule has 2 heterocycles. The van der Waals surface area contributed by atoms with Gasteiger partial charge in [0.2, 0.25) is 5.91 Å². The van der Waals surface area contributed by atoms with E-state index >= 15 is 0 Å². The number of aliphatic hydroxyl groups excluding tert-OH is 2. The number of carbonyl (C=O) groups is 1. The fraction of sp³-hybridized carbons (Fsp3) is 0.391. The molecule has 1 aromatic heterocycles. The first-order valence-corrected chi connectivity index (χ1v) is 10.6. The van der Waals surface area contributed by atoms with Crippen molar-refractivity contribution < 1.29 is 32.9 Å². The number of benzene rings is 2. The summed E-state index contributed by atoms with van der Waals surface area (Å²) >= 11 is 0. The number of rotatable bonds is 4. The van der Waals surface area contributed by atoms with Crippen LogP contribution in [0.15, 0.2) is 42.6 Å². The van der Waals surface area contributed by atoms with Gasteiger partial charge >= 0.3 is 6.18 Å². The summed E-state index contributed by atoms with van der Waals surface area (Å²) in [5.41, 5.74) is 0.808. The van der Waals surface area contributed by atoms with E-state index in [0.717, 1.165) is 28.6 Å². The average Bonchev–Trinajstić information content (AvgIpc) is 3.35. The lowest BCUT2D eigenvalue weighted by atomic mass is 10.0. The summed E-state index contributed by atoms with van der Waals surface area (Å²) in [5.74, 6) is 0.208. The van der Waals surface area contributed by atoms with Gasteiger partial charge in [-0.25, -0.2) is 0 Å². The first kappa shape index (κ1) is 21.7. The molecule has 1 saturated heterocycles. The molecule has 1 saturated carbocycles. The standard InChI is InChI=1S/C23H22F3N3O4/c1-28-9-12-6-15(33-14-4-2-13(3-5-14)23(24,25)26)7-17(21(12)27-28)16-8-18(16)22(32)29-10-19(30)20(31)11-29/h2-7,9,16,18-20,30-31H,8,10-11H2,1H3/t16?,18?,19-,20-/m1/s1. The van der Waals surface area contributed by atoms with Gasteiger partial charge in [-0.2, -0.15) is 18.3 Å². The molecule has 2 fully saturated rings. The Hall–Kier alpha value is -3.11. The molecule has 0 bridgehead atoms. The van der Waals surface area contributed by atoms with Gasteiger partial charge in [-0.1, -0.05) is 0 Å². The number of aryl methyl sites for hydroxylation is 1. The number of likely N-dealkylation sites (tertiary alicyclic amines) is 1. The summed E-state index contributed by atoms with van der Waals surface area (Å²) in [7, 11) is 1.78. The van der Waals surface area contributed by atoms with Crippen LogP contribution >= 0.6 is 0 Å². The number of alkyl halides is 3. The fourth-order valence-corrected chi connectivity index (χ4v) is 4.44. The Kier molecular flexibility index (Phi) is 5.09. The molecule has 3 aromatic rings. The second-order valence-corrected chi connectivity index (χ2v) is 8.70. The molecule has 4 atom stereocenters. The number of carbonyl (C=O) groups excluding carboxylic acids is 1. The van der Waals surface area contributed by atoms with Crippen LogP contribution in [0.2, 0.25) is 0 Å². The quantitative estimate of drug-likeness (QED) is 0.624. The van der Waals surface area contributed by atoms with Crippen molar-refractivity contribution >= 4 is 16.8 Å². The normalized spacial score (nSPS) is 25.0. The smallest absolute Gasteiger partial charge is 0.416 e. The molecule has 33 heavy (non-hydrogen) atoms. The Morgan fingerprint density at radius 1 is 1.09 bits per heavy atom. The molecule has 174 valence electrons. The number of β-amino-alcohol motifs (C(OH)–C–C–N with tert-alkyl or cyclic N) is 2. The summed E-state index contributed by atoms with van der Waals surface area (Å²) < 4.78 is 46.0. The van der Waals surface area contributed by atoms with Crippen molar-refractivity contribution in [2.45, 2.75) is 30.7 Å². The monoisotopic (exact) mass is 461 g/mol. The molecule has 2 aromatic carbocycles. The van der Waals surface area contributed by atoms with Crippen LogP contribution < -0.4 is 4.74 Å². The highest BCUT2D eigenvalue weighted by atomic mass is 19.4. The third kappa shape index (κ3) is 4.16. The van der Waals surface area contributed by atoms with E-state index in [9.17, 15) is 28.2 Å². The van der Waals surface area contributed by atoms with E-state index in [4.69, 9.17) is 4.74 Å². The fourth-order valence-electron chi connectivity index (χ4n) is 4.44. The zero-order valence-electron chi connectivity index (χ0n) is 17.7. The Morgan fingerprint density at radius 3 is 2.39 bits per heavy atom. The molecule has 5 rings (SSSR count). The van der Waals surface area contributed by atoms with E-state index in [2.05, 4.69) is 5.10 Å². The van der Waals surface area contributed by atoms with Crippen LogP contribution in [0.5, 0.6) is 11.5 Å². The lowest BCUT2D eigenvalue weighted by Gasteiger charge is -2.15. The third-order valence-corrected chi connectivity index (χ3v) is 6.22. The molecule has 7 nitrogen and oxygen atoms in total. The van der Waals surface area contributed by atoms with Gasteiger partial charge in [-0.05, 0) is 54.3 Å². The molecule has 10 heteroatoms. The first-order valence-electron chi connectivity index (χ1n) is 10.6. The molecular weight excluding hydrogens is 439 g/mol. The first-order chi connectivity index (χ1) is 15.6. The van der Waals surface area contributed by atoms with E-state index in [1.54, 1.807) is 23.9 Å². The van der Waals surface area contributed by atoms with Gasteiger partial charge in [-0.3, -0.25) is 9.48 Å². The molecule has 0 radical (unpaired) electrons. The summed E-state index contributed by atoms with van der Waals surface area (Å²) in [6.07, 6.45) is -3.87. The van der Waals surface area contributed by atoms with Gasteiger partial charge in [0, 0.05) is 37.6 Å². The molecule has 2 unspecified atom stereocenters. The second-order valence-electron chi connectivity index (χ2n) is 8.70. The number of nitrogens with zero attached hydrogens (tertiary/aromatic N) is 3. The maximum absolute atomic E-state index is 12.9. The molecule has 1 aliphatic carbocycles. The van der Waals surface area contributed by atoms with Crippen molar-refractivity contribution in [1.82, 2.24) is 14.7 Å². The van der Waals surface area contributed by atoms with Crippen LogP contribution in [0.1, 0.15) is 23.5 Å². The predicted octanol–water partition coefficient (Wildman–Crippen LogP) is 3.05. The summed E-state index contributed by atoms with van der Waals surface area (Å²) in [5, 5.41) is 24.8. The molecule has 0 spiro atoms. The zero-order valence-corrected chi connectivity index (χ0v) is 17.7. The number of fused-ring (bicyclic) bond motifs is 1. The van der Waals surface area contributed by atoms with Gasteiger partial charge in [-0.15, -0.1) is 0 Å². The molecule has 1 aliphatic heterocycles. The number of halogens is 3. The summed E-state index contributed by atoms with van der Waals surface area (Å²) in [4.78, 5) is 14.4. The zero-order chi connectivity index (χ0) is 23.5. The van der Waals surface area contributed by atoms with Crippen LogP contribution in [-0.2, 0) is 18.0 Å². The lowest BCUT2D eigenvalue weighted by molar-refractivity contribution is -0.137. The second kappa shape index (κ2) is 7.74. The minimum absolute atomic E-state index is 0.0964. The number of aliphatic hydroxyl groups is 2. The minimum Gasteiger partial charge on any atom is -0.457 e. The highest BCUT2D eigenvalue weighted by molar-refractivity contribution is 5.88. The number of hydrogen-bond donors (Lipinski definition) is 2. The van der Waals surface area contributed by atoms with Crippen LogP contribution in [0.3, 0.4) is 0 Å². The largest absolute Gasteiger partial charge is 0.457 e. The Bertz CT molecular complexity index is 1200. The van der Waals surface area contributed by atoms with Crippen molar-refractivity contribution in [2.24, 2.45) is 13.0 Å². The lowest BCUT2D eigenvalue weighted by Crippen LogP contribution is -2.31. The van der Waals surface area contributed by atoms with Crippen LogP contribution in [0.25, 0.3) is 10.9 Å². The Balaban J connectivity index is 1.40. The van der Waals surface area contributed by atoms with E-state index in [1.165, 1.54) is 17.0 Å². The van der Waals surface area contributed by atoms with E-state index in [0.29, 0.717) is 12.2 Å². The number of ether oxygens (including phenoxy) is 1. The maximum atomic E-state index is 12.9. The number of amides is 1. The SMILES string of the molecule is Cn1cc2cc(Oc3ccc(C(F)(F)F)cc3)cc(C3CC3C(=O)N3C[C@@H](O)[C@H](O)C3)c2n1. The number of hydrogen-bond acceptors (Lipinski definition) is 5. The van der Waals surface area contributed by atoms with Crippen molar-refractivity contribution in [3.8, 4) is 11.5 Å². The highest BCUT2D eigenvalue weighted by Gasteiger charge is 2.49. The molecule has 2 aliphatic rings. The topological polar surface area (TPSA) is 87.8 Å². The van der Waals surface area contributed by atoms with Gasteiger partial charge in [0.25, 0.3) is 0 Å². The van der Waals surface area contributed by atoms with E-state index < -0.39 is 23.9 Å².